The van der Waals surface area contributed by atoms with Crippen LogP contribution in [-0.2, 0) is 11.0 Å². The lowest BCUT2D eigenvalue weighted by atomic mass is 9.77. The molecule has 2 aromatic carbocycles. The van der Waals surface area contributed by atoms with Gasteiger partial charge in [0.2, 0.25) is 0 Å². The number of hydrogen-bond donors (Lipinski definition) is 3. The first-order chi connectivity index (χ1) is 14.7. The molecule has 1 heterocycles. The summed E-state index contributed by atoms with van der Waals surface area (Å²) in [7, 11) is 0. The standard InChI is InChI=1S/C23H23F3N2O3/c1-2-21(29)22(30)28-20-12-27-19-8-7-16(11-18(19)20)31-17-9-14(10-17)13-3-5-15(6-4-13)23(24,25)26/h3-8,11-12,14,17,21,27,29H,2,9-10H2,1H3,(H,28,30). The molecular formula is C23H23F3N2O3. The summed E-state index contributed by atoms with van der Waals surface area (Å²) >= 11 is 0. The summed E-state index contributed by atoms with van der Waals surface area (Å²) < 4.78 is 44.1. The lowest BCUT2D eigenvalue weighted by molar-refractivity contribution is -0.137. The number of anilines is 1. The highest BCUT2D eigenvalue weighted by Crippen LogP contribution is 2.41. The number of nitrogens with one attached hydrogen (secondary N) is 2. The summed E-state index contributed by atoms with van der Waals surface area (Å²) in [4.78, 5) is 15.1. The summed E-state index contributed by atoms with van der Waals surface area (Å²) in [5, 5.41) is 13.2. The molecule has 1 aliphatic carbocycles. The van der Waals surface area contributed by atoms with E-state index in [1.54, 1.807) is 13.1 Å². The highest BCUT2D eigenvalue weighted by Gasteiger charge is 2.34. The molecule has 1 atom stereocenters. The number of rotatable bonds is 6. The maximum Gasteiger partial charge on any atom is 0.416 e. The molecule has 31 heavy (non-hydrogen) atoms. The fourth-order valence-electron chi connectivity index (χ4n) is 3.75. The van der Waals surface area contributed by atoms with Gasteiger partial charge in [0.25, 0.3) is 5.91 Å². The third kappa shape index (κ3) is 4.54. The van der Waals surface area contributed by atoms with Gasteiger partial charge in [0, 0.05) is 17.1 Å². The normalized spacial score (nSPS) is 19.6. The average molecular weight is 432 g/mol. The molecule has 164 valence electrons. The first kappa shape index (κ1) is 21.2. The van der Waals surface area contributed by atoms with Crippen molar-refractivity contribution in [1.82, 2.24) is 4.98 Å². The summed E-state index contributed by atoms with van der Waals surface area (Å²) in [6.07, 6.45) is -1.98. The van der Waals surface area contributed by atoms with Crippen molar-refractivity contribution < 1.29 is 27.8 Å². The largest absolute Gasteiger partial charge is 0.490 e. The zero-order valence-electron chi connectivity index (χ0n) is 16.9. The Morgan fingerprint density at radius 3 is 2.58 bits per heavy atom. The summed E-state index contributed by atoms with van der Waals surface area (Å²) in [5.41, 5.74) is 1.63. The minimum absolute atomic E-state index is 0.0244. The van der Waals surface area contributed by atoms with Crippen molar-refractivity contribution in [2.75, 3.05) is 5.32 Å². The number of H-pyrrole nitrogens is 1. The fraction of sp³-hybridized carbons (Fsp3) is 0.348. The molecule has 3 aromatic rings. The molecule has 3 N–H and O–H groups in total. The summed E-state index contributed by atoms with van der Waals surface area (Å²) in [6, 6.07) is 10.8. The number of aliphatic hydroxyl groups is 1. The minimum Gasteiger partial charge on any atom is -0.490 e. The van der Waals surface area contributed by atoms with Gasteiger partial charge in [-0.15, -0.1) is 0 Å². The maximum absolute atomic E-state index is 12.7. The number of hydrogen-bond acceptors (Lipinski definition) is 3. The van der Waals surface area contributed by atoms with E-state index in [2.05, 4.69) is 10.3 Å². The van der Waals surface area contributed by atoms with Crippen LogP contribution in [0.3, 0.4) is 0 Å². The van der Waals surface area contributed by atoms with Crippen LogP contribution in [0, 0.1) is 0 Å². The van der Waals surface area contributed by atoms with E-state index in [1.807, 2.05) is 18.2 Å². The molecule has 1 saturated carbocycles. The monoisotopic (exact) mass is 432 g/mol. The molecule has 5 nitrogen and oxygen atoms in total. The molecule has 0 saturated heterocycles. The minimum atomic E-state index is -4.33. The van der Waals surface area contributed by atoms with E-state index in [-0.39, 0.29) is 12.0 Å². The second-order valence-corrected chi connectivity index (χ2v) is 7.85. The zero-order chi connectivity index (χ0) is 22.2. The van der Waals surface area contributed by atoms with Gasteiger partial charge < -0.3 is 20.1 Å². The second-order valence-electron chi connectivity index (χ2n) is 7.85. The van der Waals surface area contributed by atoms with Gasteiger partial charge in [0.15, 0.2) is 0 Å². The number of aliphatic hydroxyl groups excluding tert-OH is 1. The van der Waals surface area contributed by atoms with E-state index >= 15 is 0 Å². The Balaban J connectivity index is 1.39. The van der Waals surface area contributed by atoms with E-state index < -0.39 is 23.8 Å². The molecule has 0 bridgehead atoms. The molecule has 8 heteroatoms. The number of fused-ring (bicyclic) bond motifs is 1. The number of carbonyl (C=O) groups is 1. The number of aromatic nitrogens is 1. The molecule has 0 aliphatic heterocycles. The molecule has 1 aromatic heterocycles. The lowest BCUT2D eigenvalue weighted by Crippen LogP contribution is -2.32. The number of carbonyl (C=O) groups excluding carboxylic acids is 1. The van der Waals surface area contributed by atoms with Gasteiger partial charge in [0.05, 0.1) is 17.4 Å². The van der Waals surface area contributed by atoms with Gasteiger partial charge in [0.1, 0.15) is 11.9 Å². The molecule has 4 rings (SSSR count). The Morgan fingerprint density at radius 2 is 1.94 bits per heavy atom. The lowest BCUT2D eigenvalue weighted by Gasteiger charge is -2.35. The van der Waals surface area contributed by atoms with Crippen LogP contribution < -0.4 is 10.1 Å². The third-order valence-electron chi connectivity index (χ3n) is 5.71. The van der Waals surface area contributed by atoms with Crippen molar-refractivity contribution in [1.29, 1.82) is 0 Å². The number of amides is 1. The molecule has 0 radical (unpaired) electrons. The highest BCUT2D eigenvalue weighted by atomic mass is 19.4. The van der Waals surface area contributed by atoms with Gasteiger partial charge in [-0.1, -0.05) is 19.1 Å². The third-order valence-corrected chi connectivity index (χ3v) is 5.71. The van der Waals surface area contributed by atoms with E-state index in [4.69, 9.17) is 4.74 Å². The van der Waals surface area contributed by atoms with Crippen LogP contribution in [0.25, 0.3) is 10.9 Å². The topological polar surface area (TPSA) is 74.4 Å². The van der Waals surface area contributed by atoms with Crippen molar-refractivity contribution in [3.05, 3.63) is 59.8 Å². The molecule has 1 fully saturated rings. The van der Waals surface area contributed by atoms with Gasteiger partial charge in [-0.3, -0.25) is 4.79 Å². The number of halogens is 3. The van der Waals surface area contributed by atoms with E-state index in [9.17, 15) is 23.1 Å². The zero-order valence-corrected chi connectivity index (χ0v) is 16.9. The van der Waals surface area contributed by atoms with Crippen LogP contribution >= 0.6 is 0 Å². The quantitative estimate of drug-likeness (QED) is 0.500. The van der Waals surface area contributed by atoms with Crippen molar-refractivity contribution in [2.24, 2.45) is 0 Å². The van der Waals surface area contributed by atoms with E-state index in [1.165, 1.54) is 12.1 Å². The van der Waals surface area contributed by atoms with Crippen LogP contribution in [-0.4, -0.2) is 28.2 Å². The van der Waals surface area contributed by atoms with Crippen LogP contribution in [0.5, 0.6) is 5.75 Å². The Morgan fingerprint density at radius 1 is 1.23 bits per heavy atom. The van der Waals surface area contributed by atoms with Gasteiger partial charge in [-0.2, -0.15) is 13.2 Å². The van der Waals surface area contributed by atoms with E-state index in [0.29, 0.717) is 17.9 Å². The van der Waals surface area contributed by atoms with Crippen LogP contribution in [0.15, 0.2) is 48.7 Å². The Labute approximate surface area is 177 Å². The van der Waals surface area contributed by atoms with Crippen LogP contribution in [0.1, 0.15) is 43.2 Å². The van der Waals surface area contributed by atoms with Crippen molar-refractivity contribution in [3.8, 4) is 5.75 Å². The fourth-order valence-corrected chi connectivity index (χ4v) is 3.75. The summed E-state index contributed by atoms with van der Waals surface area (Å²) in [6.45, 7) is 1.72. The Bertz CT molecular complexity index is 1070. The van der Waals surface area contributed by atoms with Crippen molar-refractivity contribution in [3.63, 3.8) is 0 Å². The molecule has 0 spiro atoms. The Hall–Kier alpha value is -3.00. The first-order valence-electron chi connectivity index (χ1n) is 10.2. The second kappa shape index (κ2) is 8.26. The maximum atomic E-state index is 12.7. The Kier molecular flexibility index (Phi) is 5.66. The first-order valence-corrected chi connectivity index (χ1v) is 10.2. The summed E-state index contributed by atoms with van der Waals surface area (Å²) in [5.74, 6) is 0.358. The van der Waals surface area contributed by atoms with Crippen molar-refractivity contribution in [2.45, 2.75) is 50.5 Å². The number of benzene rings is 2. The molecule has 1 unspecified atom stereocenters. The highest BCUT2D eigenvalue weighted by molar-refractivity contribution is 6.03. The molecule has 1 aliphatic rings. The number of aromatic amines is 1. The predicted molar refractivity (Wildman–Crippen MR) is 111 cm³/mol. The SMILES string of the molecule is CCC(O)C(=O)Nc1c[nH]c2ccc(OC3CC(c4ccc(C(F)(F)F)cc4)C3)cc12. The van der Waals surface area contributed by atoms with Gasteiger partial charge in [-0.05, 0) is 61.1 Å². The number of alkyl halides is 3. The van der Waals surface area contributed by atoms with Gasteiger partial charge in [-0.25, -0.2) is 0 Å². The van der Waals surface area contributed by atoms with Crippen molar-refractivity contribution >= 4 is 22.5 Å². The molecular weight excluding hydrogens is 409 g/mol. The van der Waals surface area contributed by atoms with Gasteiger partial charge >= 0.3 is 6.18 Å². The smallest absolute Gasteiger partial charge is 0.416 e. The van der Waals surface area contributed by atoms with Crippen LogP contribution in [0.4, 0.5) is 18.9 Å². The van der Waals surface area contributed by atoms with E-state index in [0.717, 1.165) is 41.4 Å². The molecule has 1 amide bonds. The number of ether oxygens (including phenoxy) is 1. The predicted octanol–water partition coefficient (Wildman–Crippen LogP) is 5.22. The average Bonchev–Trinajstić information content (AvgIpc) is 3.11. The van der Waals surface area contributed by atoms with Crippen LogP contribution in [0.2, 0.25) is 0 Å².